The van der Waals surface area contributed by atoms with Crippen molar-refractivity contribution >= 4 is 28.3 Å². The van der Waals surface area contributed by atoms with Crippen molar-refractivity contribution in [2.75, 3.05) is 6.54 Å². The molecule has 1 aliphatic rings. The van der Waals surface area contributed by atoms with Gasteiger partial charge in [0.05, 0.1) is 0 Å². The van der Waals surface area contributed by atoms with Crippen LogP contribution in [0.5, 0.6) is 0 Å². The van der Waals surface area contributed by atoms with Crippen LogP contribution < -0.4 is 0 Å². The molecule has 1 fully saturated rings. The predicted molar refractivity (Wildman–Crippen MR) is 73.3 cm³/mol. The first-order valence-corrected chi connectivity index (χ1v) is 6.72. The molecule has 0 heterocycles. The van der Waals surface area contributed by atoms with Crippen LogP contribution in [0.25, 0.3) is 0 Å². The fourth-order valence-electron chi connectivity index (χ4n) is 2.18. The Balaban J connectivity index is 1.96. The van der Waals surface area contributed by atoms with Gasteiger partial charge < -0.3 is 0 Å². The van der Waals surface area contributed by atoms with E-state index in [9.17, 15) is 4.39 Å². The van der Waals surface area contributed by atoms with Gasteiger partial charge in [0.25, 0.3) is 0 Å². The first-order valence-electron chi connectivity index (χ1n) is 5.93. The molecule has 0 bridgehead atoms. The van der Waals surface area contributed by atoms with Crippen LogP contribution >= 0.6 is 15.9 Å². The zero-order valence-corrected chi connectivity index (χ0v) is 11.9. The maximum Gasteiger partial charge on any atom is 0.207 e. The summed E-state index contributed by atoms with van der Waals surface area (Å²) in [5, 5.41) is 0. The molecule has 1 nitrogen and oxygen atoms in total. The minimum Gasteiger partial charge on any atom is -0.231 e. The lowest BCUT2D eigenvalue weighted by Crippen LogP contribution is -2.08. The Morgan fingerprint density at radius 1 is 1.53 bits per heavy atom. The normalized spacial score (nSPS) is 26.9. The molecule has 1 aromatic carbocycles. The third-order valence-electron chi connectivity index (χ3n) is 3.40. The van der Waals surface area contributed by atoms with Crippen molar-refractivity contribution in [3.05, 3.63) is 29.3 Å². The van der Waals surface area contributed by atoms with Crippen LogP contribution in [-0.2, 0) is 0 Å². The third-order valence-corrected chi connectivity index (χ3v) is 4.37. The summed E-state index contributed by atoms with van der Waals surface area (Å²) in [6.07, 6.45) is 1.48. The molecular weight excluding hydrogens is 281 g/mol. The van der Waals surface area contributed by atoms with E-state index in [4.69, 9.17) is 0 Å². The Morgan fingerprint density at radius 2 is 2.18 bits per heavy atom. The summed E-state index contributed by atoms with van der Waals surface area (Å²) < 4.78 is 14.2. The summed E-state index contributed by atoms with van der Waals surface area (Å²) in [5.41, 5.74) is 3.61. The number of hydrogen-bond acceptors (Lipinski definition) is 0. The van der Waals surface area contributed by atoms with E-state index < -0.39 is 4.58 Å². The summed E-state index contributed by atoms with van der Waals surface area (Å²) in [6, 6.07) is 6.32. The van der Waals surface area contributed by atoms with E-state index in [-0.39, 0.29) is 5.92 Å². The highest BCUT2D eigenvalue weighted by Gasteiger charge is 2.53. The van der Waals surface area contributed by atoms with Gasteiger partial charge in [-0.15, -0.1) is 0 Å². The number of nitrogens with zero attached hydrogens (tertiary/aromatic N) is 1. The number of benzene rings is 1. The summed E-state index contributed by atoms with van der Waals surface area (Å²) >= 11 is 3.08. The van der Waals surface area contributed by atoms with E-state index in [0.29, 0.717) is 6.42 Å². The summed E-state index contributed by atoms with van der Waals surface area (Å²) in [6.45, 7) is 9.00. The van der Waals surface area contributed by atoms with Crippen LogP contribution in [0.4, 0.5) is 10.1 Å². The number of hydrogen-bond donors (Lipinski definition) is 0. The lowest BCUT2D eigenvalue weighted by Gasteiger charge is -2.05. The van der Waals surface area contributed by atoms with Gasteiger partial charge in [-0.3, -0.25) is 0 Å². The minimum absolute atomic E-state index is 0.150. The molecule has 92 valence electrons. The van der Waals surface area contributed by atoms with Crippen LogP contribution in [0, 0.1) is 19.8 Å². The molecule has 1 aromatic rings. The zero-order chi connectivity index (χ0) is 12.6. The Labute approximate surface area is 110 Å². The van der Waals surface area contributed by atoms with Crippen LogP contribution in [0.2, 0.25) is 0 Å². The van der Waals surface area contributed by atoms with Gasteiger partial charge in [0.2, 0.25) is 5.69 Å². The van der Waals surface area contributed by atoms with Crippen molar-refractivity contribution in [2.24, 2.45) is 5.92 Å². The van der Waals surface area contributed by atoms with Gasteiger partial charge >= 0.3 is 0 Å². The van der Waals surface area contributed by atoms with Gasteiger partial charge in [-0.1, -0.05) is 11.6 Å². The molecule has 2 unspecified atom stereocenters. The average Bonchev–Trinajstić information content (AvgIpc) is 2.83. The molecule has 2 atom stereocenters. The van der Waals surface area contributed by atoms with Crippen molar-refractivity contribution in [3.8, 4) is 0 Å². The molecule has 2 rings (SSSR count). The van der Waals surface area contributed by atoms with Gasteiger partial charge in [0.15, 0.2) is 4.58 Å². The van der Waals surface area contributed by atoms with E-state index in [1.165, 1.54) is 11.1 Å². The van der Waals surface area contributed by atoms with Crippen molar-refractivity contribution < 1.29 is 8.97 Å². The second kappa shape index (κ2) is 4.52. The van der Waals surface area contributed by atoms with Crippen LogP contribution in [0.1, 0.15) is 24.0 Å². The maximum absolute atomic E-state index is 13.3. The molecule has 0 aliphatic heterocycles. The second-order valence-corrected chi connectivity index (χ2v) is 6.32. The van der Waals surface area contributed by atoms with Gasteiger partial charge in [-0.05, 0) is 42.3 Å². The Kier molecular flexibility index (Phi) is 3.39. The molecule has 0 amide bonds. The molecule has 0 spiro atoms. The fourth-order valence-corrected chi connectivity index (χ4v) is 2.79. The third kappa shape index (κ3) is 2.95. The van der Waals surface area contributed by atoms with Crippen LogP contribution in [0.15, 0.2) is 18.2 Å². The molecular formula is C14H18BrFN+. The van der Waals surface area contributed by atoms with Crippen molar-refractivity contribution in [3.63, 3.8) is 0 Å². The number of aryl methyl sites for hydroxylation is 2. The summed E-state index contributed by atoms with van der Waals surface area (Å²) in [5.74, 6) is 0.150. The largest absolute Gasteiger partial charge is 0.231 e. The van der Waals surface area contributed by atoms with Crippen LogP contribution in [-0.4, -0.2) is 22.4 Å². The molecule has 1 aliphatic carbocycles. The van der Waals surface area contributed by atoms with Gasteiger partial charge in [0.1, 0.15) is 13.3 Å². The quantitative estimate of drug-likeness (QED) is 0.447. The van der Waals surface area contributed by atoms with Gasteiger partial charge in [0, 0.05) is 24.0 Å². The van der Waals surface area contributed by atoms with Gasteiger partial charge in [-0.25, -0.2) is 8.97 Å². The zero-order valence-electron chi connectivity index (χ0n) is 10.3. The standard InChI is InChI=1S/C14H18BrFN/c1-10-4-5-13(11(2)8-10)17(3)7-6-12-9-14(12,15)16/h4-5,8,12H,3,6-7,9H2,1-2H3/q+1. The van der Waals surface area contributed by atoms with Crippen molar-refractivity contribution in [1.29, 1.82) is 0 Å². The highest BCUT2D eigenvalue weighted by Crippen LogP contribution is 2.54. The maximum atomic E-state index is 13.3. The molecule has 0 aromatic heterocycles. The highest BCUT2D eigenvalue weighted by molar-refractivity contribution is 9.10. The first kappa shape index (κ1) is 12.7. The summed E-state index contributed by atoms with van der Waals surface area (Å²) in [4.78, 5) is 0. The van der Waals surface area contributed by atoms with E-state index >= 15 is 0 Å². The topological polar surface area (TPSA) is 3.01 Å². The number of alkyl halides is 2. The summed E-state index contributed by atoms with van der Waals surface area (Å²) in [7, 11) is 0. The Hall–Kier alpha value is -0.700. The van der Waals surface area contributed by atoms with E-state index in [1.54, 1.807) is 0 Å². The SMILES string of the molecule is C=[N+](CCC1CC1(F)Br)c1ccc(C)cc1C. The highest BCUT2D eigenvalue weighted by atomic mass is 79.9. The lowest BCUT2D eigenvalue weighted by atomic mass is 10.1. The average molecular weight is 299 g/mol. The van der Waals surface area contributed by atoms with E-state index in [1.807, 2.05) is 4.58 Å². The molecule has 17 heavy (non-hydrogen) atoms. The molecule has 3 heteroatoms. The number of halogens is 2. The predicted octanol–water partition coefficient (Wildman–Crippen LogP) is 4.12. The monoisotopic (exact) mass is 298 g/mol. The fraction of sp³-hybridized carbons (Fsp3) is 0.500. The van der Waals surface area contributed by atoms with Crippen LogP contribution in [0.3, 0.4) is 0 Å². The van der Waals surface area contributed by atoms with E-state index in [2.05, 4.69) is 54.7 Å². The first-order chi connectivity index (χ1) is 7.90. The molecule has 1 saturated carbocycles. The van der Waals surface area contributed by atoms with Crippen molar-refractivity contribution in [2.45, 2.75) is 31.3 Å². The molecule has 0 radical (unpaired) electrons. The Morgan fingerprint density at radius 3 is 2.71 bits per heavy atom. The molecule has 0 N–H and O–H groups in total. The van der Waals surface area contributed by atoms with E-state index in [0.717, 1.165) is 18.7 Å². The minimum atomic E-state index is -1.10. The lowest BCUT2D eigenvalue weighted by molar-refractivity contribution is -0.433. The van der Waals surface area contributed by atoms with Gasteiger partial charge in [-0.2, -0.15) is 0 Å². The Bertz CT molecular complexity index is 454. The number of rotatable bonds is 4. The smallest absolute Gasteiger partial charge is 0.207 e. The van der Waals surface area contributed by atoms with Crippen molar-refractivity contribution in [1.82, 2.24) is 0 Å². The molecule has 0 saturated heterocycles. The second-order valence-electron chi connectivity index (χ2n) is 5.00.